The highest BCUT2D eigenvalue weighted by atomic mass is 17.0. The largest absolute Gasteiger partial charge is 0.472 e. The third-order valence-electron chi connectivity index (χ3n) is 14.8. The zero-order valence-corrected chi connectivity index (χ0v) is 35.5. The summed E-state index contributed by atoms with van der Waals surface area (Å²) in [6, 6.07) is 1.50. The van der Waals surface area contributed by atoms with Crippen molar-refractivity contribution in [2.45, 2.75) is 153 Å². The van der Waals surface area contributed by atoms with Gasteiger partial charge in [0.1, 0.15) is 17.3 Å². The molecule has 60 heavy (non-hydrogen) atoms. The van der Waals surface area contributed by atoms with Crippen LogP contribution in [0.4, 0.5) is 0 Å². The molecule has 19 nitrogen and oxygen atoms in total. The molecular weight excluding hydrogens is 796 g/mol. The lowest BCUT2D eigenvalue weighted by Gasteiger charge is -2.78. The third-order valence-corrected chi connectivity index (χ3v) is 14.8. The summed E-state index contributed by atoms with van der Waals surface area (Å²) in [7, 11) is 2.20. The number of carbonyl (C=O) groups is 7. The minimum atomic E-state index is -2.68. The Bertz CT molecular complexity index is 2030. The maximum atomic E-state index is 14.6. The monoisotopic (exact) mass is 848 g/mol. The molecule has 6 fully saturated rings. The summed E-state index contributed by atoms with van der Waals surface area (Å²) in [5.41, 5.74) is -17.5. The van der Waals surface area contributed by atoms with Crippen LogP contribution >= 0.6 is 0 Å². The first-order valence-corrected chi connectivity index (χ1v) is 19.8. The lowest BCUT2D eigenvalue weighted by atomic mass is 9.32. The average molecular weight is 849 g/mol. The van der Waals surface area contributed by atoms with E-state index < -0.39 is 129 Å². The van der Waals surface area contributed by atoms with E-state index in [2.05, 4.69) is 0 Å². The first-order valence-electron chi connectivity index (χ1n) is 19.8. The summed E-state index contributed by atoms with van der Waals surface area (Å²) in [5, 5.41) is 14.0. The predicted molar refractivity (Wildman–Crippen MR) is 194 cm³/mol. The SMILES string of the molecule is CCC(=O)O[C@H]1[C@]2(C)CC3(O)[C@@]1(OC(C)=O)[C@@H](OC(C)=O)[C@@]14OC5(C)O[C@@]1(CC[C@@](C)(C(OC(C)=O)c1ccoc1)[C@]4(C(OC(C)=O)C(=O)OC)O5)[C@]3(C)[C@H]2CC(=O)OC. The summed E-state index contributed by atoms with van der Waals surface area (Å²) in [4.78, 5) is 96.1. The molecule has 1 aromatic heterocycles. The quantitative estimate of drug-likeness (QED) is 0.235. The zero-order valence-electron chi connectivity index (χ0n) is 35.5. The molecule has 0 amide bonds. The fourth-order valence-electron chi connectivity index (χ4n) is 13.3. The minimum absolute atomic E-state index is 0.166. The fourth-order valence-corrected chi connectivity index (χ4v) is 13.3. The Morgan fingerprint density at radius 1 is 0.817 bits per heavy atom. The van der Waals surface area contributed by atoms with Gasteiger partial charge in [0.2, 0.25) is 11.7 Å². The molecule has 2 saturated heterocycles. The number of ether oxygens (including phenoxy) is 10. The molecule has 4 unspecified atom stereocenters. The lowest BCUT2D eigenvalue weighted by molar-refractivity contribution is -0.468. The Hall–Kier alpha value is -4.59. The summed E-state index contributed by atoms with van der Waals surface area (Å²) < 4.78 is 68.4. The van der Waals surface area contributed by atoms with E-state index in [1.165, 1.54) is 39.5 Å². The molecule has 4 aliphatic carbocycles. The topological polar surface area (TPSA) is 245 Å². The number of aliphatic hydroxyl groups is 1. The first-order chi connectivity index (χ1) is 27.9. The van der Waals surface area contributed by atoms with E-state index in [0.717, 1.165) is 34.8 Å². The molecule has 4 bridgehead atoms. The van der Waals surface area contributed by atoms with Gasteiger partial charge in [-0.3, -0.25) is 28.8 Å². The standard InChI is InChI=1S/C41H52O19/c1-12-26(46)56-31-33(6)19-37(49)35(8,25(33)17-27(47)50-10)38-15-14-34(7,28(53-20(2)42)24-13-16-52-18-24)40(29(30(48)51-11)54-21(3)43)41(38,60-36(9,58-38)59-40)32(55-22(4)44)39(31,37)57-23(5)45/h13,16,18,25,28-29,31-32,49H,12,14-15,17,19H2,1-11H3/t25-,28?,29?,31-,32+,33+,34-,35+,36?,37?,38-,39-,40-,41+/m0/s1. The van der Waals surface area contributed by atoms with Gasteiger partial charge in [-0.1, -0.05) is 27.7 Å². The molecule has 2 aliphatic heterocycles. The summed E-state index contributed by atoms with van der Waals surface area (Å²) >= 11 is 0. The Kier molecular flexibility index (Phi) is 9.75. The Labute approximate surface area is 345 Å². The van der Waals surface area contributed by atoms with Crippen molar-refractivity contribution in [1.82, 2.24) is 0 Å². The Balaban J connectivity index is 1.73. The second-order valence-electron chi connectivity index (χ2n) is 17.6. The van der Waals surface area contributed by atoms with E-state index in [1.807, 2.05) is 0 Å². The maximum Gasteiger partial charge on any atom is 0.350 e. The van der Waals surface area contributed by atoms with Gasteiger partial charge in [-0.2, -0.15) is 0 Å². The maximum absolute atomic E-state index is 14.6. The zero-order chi connectivity index (χ0) is 44.4. The number of hydrogen-bond acceptors (Lipinski definition) is 19. The molecule has 0 radical (unpaired) electrons. The smallest absolute Gasteiger partial charge is 0.350 e. The van der Waals surface area contributed by atoms with Gasteiger partial charge in [-0.05, 0) is 31.2 Å². The van der Waals surface area contributed by atoms with Crippen molar-refractivity contribution in [3.8, 4) is 0 Å². The second-order valence-corrected chi connectivity index (χ2v) is 17.6. The van der Waals surface area contributed by atoms with Crippen molar-refractivity contribution < 1.29 is 90.5 Å². The lowest BCUT2D eigenvalue weighted by Crippen LogP contribution is -2.98. The van der Waals surface area contributed by atoms with Crippen LogP contribution in [0.1, 0.15) is 106 Å². The Morgan fingerprint density at radius 3 is 2.02 bits per heavy atom. The third kappa shape index (κ3) is 4.82. The van der Waals surface area contributed by atoms with Crippen LogP contribution in [-0.4, -0.2) is 113 Å². The predicted octanol–water partition coefficient (Wildman–Crippen LogP) is 2.67. The van der Waals surface area contributed by atoms with Gasteiger partial charge in [0.25, 0.3) is 5.97 Å². The molecule has 330 valence electrons. The number of furan rings is 1. The molecule has 1 aromatic rings. The molecule has 14 atom stereocenters. The number of methoxy groups -OCH3 is 2. The molecular formula is C41H52O19. The van der Waals surface area contributed by atoms with Gasteiger partial charge >= 0.3 is 41.8 Å². The highest BCUT2D eigenvalue weighted by Gasteiger charge is 3.07. The number of rotatable bonds is 12. The molecule has 1 spiro atoms. The molecule has 1 N–H and O–H groups in total. The van der Waals surface area contributed by atoms with Crippen LogP contribution < -0.4 is 0 Å². The van der Waals surface area contributed by atoms with Crippen LogP contribution in [-0.2, 0) is 80.9 Å². The van der Waals surface area contributed by atoms with E-state index in [-0.39, 0.29) is 31.2 Å². The normalized spacial score (nSPS) is 43.5. The summed E-state index contributed by atoms with van der Waals surface area (Å²) in [6.07, 6.45) is -6.31. The fraction of sp³-hybridized carbons (Fsp3) is 0.732. The van der Waals surface area contributed by atoms with Crippen LogP contribution in [0.2, 0.25) is 0 Å². The molecule has 4 saturated carbocycles. The number of fused-ring (bicyclic) bond motifs is 2. The van der Waals surface area contributed by atoms with Crippen LogP contribution in [0.5, 0.6) is 0 Å². The van der Waals surface area contributed by atoms with E-state index in [9.17, 15) is 38.7 Å². The van der Waals surface area contributed by atoms with Gasteiger partial charge in [0.05, 0.1) is 26.7 Å². The molecule has 3 heterocycles. The Morgan fingerprint density at radius 2 is 1.48 bits per heavy atom. The second kappa shape index (κ2) is 13.5. The number of hydrogen-bond donors (Lipinski definition) is 1. The van der Waals surface area contributed by atoms with Gasteiger partial charge in [-0.25, -0.2) is 4.79 Å². The van der Waals surface area contributed by atoms with Crippen molar-refractivity contribution >= 4 is 41.8 Å². The van der Waals surface area contributed by atoms with Gasteiger partial charge < -0.3 is 56.9 Å². The minimum Gasteiger partial charge on any atom is -0.472 e. The highest BCUT2D eigenvalue weighted by Crippen LogP contribution is 2.89. The number of carbonyl (C=O) groups excluding carboxylic acids is 7. The van der Waals surface area contributed by atoms with Crippen molar-refractivity contribution in [2.75, 3.05) is 14.2 Å². The average Bonchev–Trinajstić information content (AvgIpc) is 3.93. The van der Waals surface area contributed by atoms with Crippen LogP contribution in [0.25, 0.3) is 0 Å². The van der Waals surface area contributed by atoms with Gasteiger partial charge in [-0.15, -0.1) is 0 Å². The van der Waals surface area contributed by atoms with Gasteiger partial charge in [0, 0.05) is 69.3 Å². The van der Waals surface area contributed by atoms with Crippen molar-refractivity contribution in [1.29, 1.82) is 0 Å². The number of esters is 7. The van der Waals surface area contributed by atoms with Crippen LogP contribution in [0.15, 0.2) is 23.0 Å². The van der Waals surface area contributed by atoms with E-state index >= 15 is 0 Å². The van der Waals surface area contributed by atoms with Gasteiger partial charge in [0.15, 0.2) is 23.4 Å². The van der Waals surface area contributed by atoms with Crippen LogP contribution in [0.3, 0.4) is 0 Å². The van der Waals surface area contributed by atoms with Crippen molar-refractivity contribution in [3.05, 3.63) is 24.2 Å². The van der Waals surface area contributed by atoms with Crippen molar-refractivity contribution in [2.24, 2.45) is 22.2 Å². The van der Waals surface area contributed by atoms with E-state index in [0.29, 0.717) is 0 Å². The summed E-state index contributed by atoms with van der Waals surface area (Å²) in [5.74, 6) is -10.1. The molecule has 6 aliphatic rings. The molecule has 19 heteroatoms. The molecule has 0 aromatic carbocycles. The first kappa shape index (κ1) is 43.5. The summed E-state index contributed by atoms with van der Waals surface area (Å²) in [6.45, 7) is 11.9. The van der Waals surface area contributed by atoms with Crippen molar-refractivity contribution in [3.63, 3.8) is 0 Å². The van der Waals surface area contributed by atoms with E-state index in [1.54, 1.807) is 20.8 Å². The highest BCUT2D eigenvalue weighted by molar-refractivity contribution is 5.82. The van der Waals surface area contributed by atoms with Crippen LogP contribution in [0, 0.1) is 22.2 Å². The van der Waals surface area contributed by atoms with E-state index in [4.69, 9.17) is 51.8 Å². The molecule has 7 rings (SSSR count).